The quantitative estimate of drug-likeness (QED) is 0.629. The lowest BCUT2D eigenvalue weighted by Crippen LogP contribution is -2.18. The van der Waals surface area contributed by atoms with Crippen LogP contribution in [0.15, 0.2) is 0 Å². The maximum Gasteiger partial charge on any atom is 0.248 e. The lowest BCUT2D eigenvalue weighted by atomic mass is 10.1. The minimum atomic E-state index is -2.37. The summed E-state index contributed by atoms with van der Waals surface area (Å²) in [6.45, 7) is 0.732. The summed E-state index contributed by atoms with van der Waals surface area (Å²) in [6.07, 6.45) is 0.834. The first kappa shape index (κ1) is 7.92. The summed E-state index contributed by atoms with van der Waals surface area (Å²) in [5.74, 6) is -2.18. The molecule has 0 aromatic rings. The van der Waals surface area contributed by atoms with Crippen LogP contribution < -0.4 is 5.32 Å². The van der Waals surface area contributed by atoms with Gasteiger partial charge in [-0.1, -0.05) is 0 Å². The van der Waals surface area contributed by atoms with Crippen LogP contribution in [0.3, 0.4) is 0 Å². The number of halogens is 2. The molecule has 0 aliphatic heterocycles. The van der Waals surface area contributed by atoms with Crippen LogP contribution in [-0.2, 0) is 0 Å². The molecule has 1 saturated carbocycles. The van der Waals surface area contributed by atoms with E-state index < -0.39 is 5.92 Å². The highest BCUT2D eigenvalue weighted by atomic mass is 19.3. The van der Waals surface area contributed by atoms with Crippen molar-refractivity contribution in [2.75, 3.05) is 13.6 Å². The molecule has 0 radical (unpaired) electrons. The van der Waals surface area contributed by atoms with Crippen molar-refractivity contribution in [1.82, 2.24) is 5.32 Å². The summed E-state index contributed by atoms with van der Waals surface area (Å²) in [6, 6.07) is 0. The topological polar surface area (TPSA) is 12.0 Å². The van der Waals surface area contributed by atoms with Gasteiger partial charge in [-0.3, -0.25) is 0 Å². The van der Waals surface area contributed by atoms with Gasteiger partial charge in [-0.15, -0.1) is 0 Å². The lowest BCUT2D eigenvalue weighted by molar-refractivity contribution is 0.00516. The Morgan fingerprint density at radius 2 is 2.30 bits per heavy atom. The average Bonchev–Trinajstić information content (AvgIpc) is 2.12. The normalized spacial score (nSPS) is 30.9. The van der Waals surface area contributed by atoms with Crippen LogP contribution in [-0.4, -0.2) is 19.5 Å². The van der Waals surface area contributed by atoms with E-state index in [1.54, 1.807) is 7.05 Å². The zero-order chi connectivity index (χ0) is 7.61. The van der Waals surface area contributed by atoms with E-state index in [-0.39, 0.29) is 18.8 Å². The number of nitrogens with one attached hydrogen (secondary N) is 1. The number of rotatable bonds is 2. The lowest BCUT2D eigenvalue weighted by Gasteiger charge is -2.08. The summed E-state index contributed by atoms with van der Waals surface area (Å²) < 4.78 is 25.0. The van der Waals surface area contributed by atoms with Crippen LogP contribution >= 0.6 is 0 Å². The fourth-order valence-electron chi connectivity index (χ4n) is 1.50. The molecule has 1 N–H and O–H groups in total. The monoisotopic (exact) mass is 149 g/mol. The first-order chi connectivity index (χ1) is 4.64. The van der Waals surface area contributed by atoms with Gasteiger partial charge in [-0.25, -0.2) is 8.78 Å². The van der Waals surface area contributed by atoms with Crippen molar-refractivity contribution in [1.29, 1.82) is 0 Å². The predicted octanol–water partition coefficient (Wildman–Crippen LogP) is 1.64. The summed E-state index contributed by atoms with van der Waals surface area (Å²) in [5.41, 5.74) is 0. The van der Waals surface area contributed by atoms with Crippen molar-refractivity contribution >= 4 is 0 Å². The van der Waals surface area contributed by atoms with Gasteiger partial charge in [0.1, 0.15) is 0 Å². The van der Waals surface area contributed by atoms with Gasteiger partial charge in [0.25, 0.3) is 0 Å². The Kier molecular flexibility index (Phi) is 2.24. The Morgan fingerprint density at radius 3 is 2.70 bits per heavy atom. The Morgan fingerprint density at radius 1 is 1.60 bits per heavy atom. The van der Waals surface area contributed by atoms with E-state index in [1.807, 2.05) is 0 Å². The molecule has 10 heavy (non-hydrogen) atoms. The Labute approximate surface area is 59.8 Å². The minimum Gasteiger partial charge on any atom is -0.319 e. The van der Waals surface area contributed by atoms with Gasteiger partial charge < -0.3 is 5.32 Å². The molecule has 1 aliphatic carbocycles. The molecule has 1 unspecified atom stereocenters. The second-order valence-corrected chi connectivity index (χ2v) is 3.02. The van der Waals surface area contributed by atoms with Gasteiger partial charge in [0.05, 0.1) is 0 Å². The van der Waals surface area contributed by atoms with Crippen LogP contribution in [0.25, 0.3) is 0 Å². The maximum absolute atomic E-state index is 12.5. The van der Waals surface area contributed by atoms with Gasteiger partial charge in [-0.05, 0) is 25.9 Å². The van der Waals surface area contributed by atoms with E-state index in [1.165, 1.54) is 0 Å². The maximum atomic E-state index is 12.5. The van der Waals surface area contributed by atoms with Crippen molar-refractivity contribution in [2.45, 2.75) is 25.2 Å². The molecule has 0 bridgehead atoms. The van der Waals surface area contributed by atoms with E-state index >= 15 is 0 Å². The van der Waals surface area contributed by atoms with Crippen LogP contribution in [0.1, 0.15) is 19.3 Å². The molecule has 0 spiro atoms. The summed E-state index contributed by atoms with van der Waals surface area (Å²) in [4.78, 5) is 0. The van der Waals surface area contributed by atoms with Crippen molar-refractivity contribution in [2.24, 2.45) is 5.92 Å². The summed E-state index contributed by atoms with van der Waals surface area (Å²) >= 11 is 0. The van der Waals surface area contributed by atoms with Crippen LogP contribution in [0.4, 0.5) is 8.78 Å². The molecule has 1 nitrogen and oxygen atoms in total. The number of hydrogen-bond acceptors (Lipinski definition) is 1. The molecule has 60 valence electrons. The highest BCUT2D eigenvalue weighted by molar-refractivity contribution is 4.81. The number of hydrogen-bond donors (Lipinski definition) is 1. The second-order valence-electron chi connectivity index (χ2n) is 3.02. The SMILES string of the molecule is CNCC1CCC(F)(F)C1. The van der Waals surface area contributed by atoms with Gasteiger partial charge >= 0.3 is 0 Å². The standard InChI is InChI=1S/C7H13F2N/c1-10-5-6-2-3-7(8,9)4-6/h6,10H,2-5H2,1H3. The Hall–Kier alpha value is -0.180. The van der Waals surface area contributed by atoms with Gasteiger partial charge in [-0.2, -0.15) is 0 Å². The molecule has 1 fully saturated rings. The summed E-state index contributed by atoms with van der Waals surface area (Å²) in [7, 11) is 1.80. The third-order valence-electron chi connectivity index (χ3n) is 2.00. The fraction of sp³-hybridized carbons (Fsp3) is 1.00. The molecular weight excluding hydrogens is 136 g/mol. The predicted molar refractivity (Wildman–Crippen MR) is 36.2 cm³/mol. The third kappa shape index (κ3) is 1.90. The molecule has 1 rings (SSSR count). The Bertz CT molecular complexity index is 114. The second kappa shape index (κ2) is 2.82. The zero-order valence-corrected chi connectivity index (χ0v) is 6.16. The van der Waals surface area contributed by atoms with Crippen molar-refractivity contribution in [3.05, 3.63) is 0 Å². The van der Waals surface area contributed by atoms with Crippen molar-refractivity contribution < 1.29 is 8.78 Å². The van der Waals surface area contributed by atoms with E-state index in [9.17, 15) is 8.78 Å². The van der Waals surface area contributed by atoms with Gasteiger partial charge in [0.15, 0.2) is 0 Å². The smallest absolute Gasteiger partial charge is 0.248 e. The molecule has 3 heteroatoms. The summed E-state index contributed by atoms with van der Waals surface area (Å²) in [5, 5.41) is 2.91. The van der Waals surface area contributed by atoms with Crippen molar-refractivity contribution in [3.8, 4) is 0 Å². The highest BCUT2D eigenvalue weighted by Crippen LogP contribution is 2.38. The third-order valence-corrected chi connectivity index (χ3v) is 2.00. The van der Waals surface area contributed by atoms with E-state index in [2.05, 4.69) is 5.32 Å². The molecular formula is C7H13F2N. The molecule has 1 atom stereocenters. The van der Waals surface area contributed by atoms with Crippen LogP contribution in [0.2, 0.25) is 0 Å². The highest BCUT2D eigenvalue weighted by Gasteiger charge is 2.38. The van der Waals surface area contributed by atoms with E-state index in [4.69, 9.17) is 0 Å². The molecule has 0 amide bonds. The molecule has 0 heterocycles. The van der Waals surface area contributed by atoms with E-state index in [0.29, 0.717) is 6.42 Å². The molecule has 0 aromatic carbocycles. The molecule has 0 aromatic heterocycles. The first-order valence-corrected chi connectivity index (χ1v) is 3.66. The first-order valence-electron chi connectivity index (χ1n) is 3.66. The Balaban J connectivity index is 2.29. The molecule has 0 saturated heterocycles. The van der Waals surface area contributed by atoms with Crippen LogP contribution in [0.5, 0.6) is 0 Å². The van der Waals surface area contributed by atoms with E-state index in [0.717, 1.165) is 6.54 Å². The van der Waals surface area contributed by atoms with Crippen LogP contribution in [0, 0.1) is 5.92 Å². The largest absolute Gasteiger partial charge is 0.319 e. The minimum absolute atomic E-state index is 0.0772. The average molecular weight is 149 g/mol. The number of alkyl halides is 2. The van der Waals surface area contributed by atoms with Gasteiger partial charge in [0, 0.05) is 12.8 Å². The van der Waals surface area contributed by atoms with Gasteiger partial charge in [0.2, 0.25) is 5.92 Å². The zero-order valence-electron chi connectivity index (χ0n) is 6.16. The fourth-order valence-corrected chi connectivity index (χ4v) is 1.50. The van der Waals surface area contributed by atoms with Crippen molar-refractivity contribution in [3.63, 3.8) is 0 Å². The molecule has 1 aliphatic rings.